The van der Waals surface area contributed by atoms with E-state index in [1.54, 1.807) is 5.57 Å². The molecule has 1 unspecified atom stereocenters. The minimum Gasteiger partial charge on any atom is -0.393 e. The summed E-state index contributed by atoms with van der Waals surface area (Å²) < 4.78 is 0. The lowest BCUT2D eigenvalue weighted by molar-refractivity contribution is 0.0881. The SMILES string of the molecule is C=C(C)[C@@H]1CC[C@@]2(C)CC(O)CC(C)=C2C1. The molecule has 2 aliphatic carbocycles. The van der Waals surface area contributed by atoms with Crippen LogP contribution in [0.15, 0.2) is 23.3 Å². The first-order valence-corrected chi connectivity index (χ1v) is 6.45. The molecule has 0 heterocycles. The molecule has 0 aromatic heterocycles. The zero-order chi connectivity index (χ0) is 11.9. The fourth-order valence-corrected chi connectivity index (χ4v) is 3.64. The summed E-state index contributed by atoms with van der Waals surface area (Å²) in [7, 11) is 0. The van der Waals surface area contributed by atoms with E-state index in [4.69, 9.17) is 0 Å². The number of rotatable bonds is 1. The molecule has 2 rings (SSSR count). The van der Waals surface area contributed by atoms with E-state index < -0.39 is 0 Å². The van der Waals surface area contributed by atoms with E-state index in [0.717, 1.165) is 12.8 Å². The molecule has 1 heteroatoms. The van der Waals surface area contributed by atoms with E-state index in [9.17, 15) is 5.11 Å². The van der Waals surface area contributed by atoms with Crippen molar-refractivity contribution in [2.75, 3.05) is 0 Å². The van der Waals surface area contributed by atoms with Crippen LogP contribution < -0.4 is 0 Å². The zero-order valence-corrected chi connectivity index (χ0v) is 10.8. The molecule has 90 valence electrons. The molecule has 2 aliphatic rings. The third-order valence-electron chi connectivity index (χ3n) is 4.66. The fraction of sp³-hybridized carbons (Fsp3) is 0.733. The van der Waals surface area contributed by atoms with Gasteiger partial charge in [0.15, 0.2) is 0 Å². The molecular formula is C15H24O. The van der Waals surface area contributed by atoms with Crippen molar-refractivity contribution >= 4 is 0 Å². The van der Waals surface area contributed by atoms with Crippen LogP contribution in [0, 0.1) is 11.3 Å². The van der Waals surface area contributed by atoms with Crippen LogP contribution in [-0.2, 0) is 0 Å². The highest BCUT2D eigenvalue weighted by Crippen LogP contribution is 2.51. The van der Waals surface area contributed by atoms with Gasteiger partial charge >= 0.3 is 0 Å². The summed E-state index contributed by atoms with van der Waals surface area (Å²) in [5.41, 5.74) is 4.66. The van der Waals surface area contributed by atoms with Crippen LogP contribution in [0.5, 0.6) is 0 Å². The fourth-order valence-electron chi connectivity index (χ4n) is 3.64. The highest BCUT2D eigenvalue weighted by molar-refractivity contribution is 5.28. The molecular weight excluding hydrogens is 196 g/mol. The molecule has 0 radical (unpaired) electrons. The van der Waals surface area contributed by atoms with E-state index in [1.165, 1.54) is 30.4 Å². The lowest BCUT2D eigenvalue weighted by Crippen LogP contribution is -2.36. The minimum atomic E-state index is -0.116. The average molecular weight is 220 g/mol. The summed E-state index contributed by atoms with van der Waals surface area (Å²) in [5, 5.41) is 9.91. The number of aliphatic hydroxyl groups excluding tert-OH is 1. The van der Waals surface area contributed by atoms with Gasteiger partial charge in [0.1, 0.15) is 0 Å². The summed E-state index contributed by atoms with van der Waals surface area (Å²) >= 11 is 0. The van der Waals surface area contributed by atoms with Crippen LogP contribution in [0.1, 0.15) is 52.9 Å². The van der Waals surface area contributed by atoms with E-state index in [-0.39, 0.29) is 11.5 Å². The third kappa shape index (κ3) is 1.98. The first-order valence-electron chi connectivity index (χ1n) is 6.45. The standard InChI is InChI=1S/C15H24O/c1-10(2)12-5-6-15(4)9-13(16)7-11(3)14(15)8-12/h12-13,16H,1,5-9H2,2-4H3/t12-,13?,15+/m1/s1. The molecule has 0 amide bonds. The highest BCUT2D eigenvalue weighted by atomic mass is 16.3. The molecule has 1 fully saturated rings. The molecule has 0 aromatic rings. The van der Waals surface area contributed by atoms with Crippen LogP contribution >= 0.6 is 0 Å². The molecule has 0 aromatic carbocycles. The van der Waals surface area contributed by atoms with E-state index in [0.29, 0.717) is 5.92 Å². The lowest BCUT2D eigenvalue weighted by atomic mass is 9.60. The maximum atomic E-state index is 9.91. The largest absolute Gasteiger partial charge is 0.393 e. The molecule has 1 nitrogen and oxygen atoms in total. The Bertz CT molecular complexity index is 339. The first-order chi connectivity index (χ1) is 7.42. The van der Waals surface area contributed by atoms with E-state index >= 15 is 0 Å². The Labute approximate surface area is 99.3 Å². The van der Waals surface area contributed by atoms with Gasteiger partial charge in [0.25, 0.3) is 0 Å². The second kappa shape index (κ2) is 4.03. The van der Waals surface area contributed by atoms with Gasteiger partial charge in [-0.2, -0.15) is 0 Å². The highest BCUT2D eigenvalue weighted by Gasteiger charge is 2.40. The quantitative estimate of drug-likeness (QED) is 0.666. The summed E-state index contributed by atoms with van der Waals surface area (Å²) in [6.45, 7) is 10.8. The monoisotopic (exact) mass is 220 g/mol. The Balaban J connectivity index is 2.28. The number of hydrogen-bond donors (Lipinski definition) is 1. The number of aliphatic hydroxyl groups is 1. The maximum Gasteiger partial charge on any atom is 0.0585 e. The van der Waals surface area contributed by atoms with Gasteiger partial charge in [-0.15, -0.1) is 0 Å². The minimum absolute atomic E-state index is 0.116. The lowest BCUT2D eigenvalue weighted by Gasteiger charge is -2.45. The van der Waals surface area contributed by atoms with Crippen molar-refractivity contribution in [3.63, 3.8) is 0 Å². The van der Waals surface area contributed by atoms with Crippen molar-refractivity contribution in [1.29, 1.82) is 0 Å². The van der Waals surface area contributed by atoms with Crippen molar-refractivity contribution < 1.29 is 5.11 Å². The molecule has 0 bridgehead atoms. The normalized spacial score (nSPS) is 39.5. The Morgan fingerprint density at radius 2 is 2.12 bits per heavy atom. The zero-order valence-electron chi connectivity index (χ0n) is 10.8. The van der Waals surface area contributed by atoms with Crippen molar-refractivity contribution in [2.45, 2.75) is 59.0 Å². The topological polar surface area (TPSA) is 20.2 Å². The van der Waals surface area contributed by atoms with Crippen molar-refractivity contribution in [1.82, 2.24) is 0 Å². The van der Waals surface area contributed by atoms with Gasteiger partial charge in [0.2, 0.25) is 0 Å². The molecule has 0 saturated heterocycles. The van der Waals surface area contributed by atoms with Gasteiger partial charge in [0, 0.05) is 0 Å². The third-order valence-corrected chi connectivity index (χ3v) is 4.66. The Hall–Kier alpha value is -0.560. The molecule has 3 atom stereocenters. The van der Waals surface area contributed by atoms with Gasteiger partial charge < -0.3 is 5.11 Å². The summed E-state index contributed by atoms with van der Waals surface area (Å²) in [4.78, 5) is 0. The molecule has 0 spiro atoms. The Kier molecular flexibility index (Phi) is 3.00. The van der Waals surface area contributed by atoms with Crippen LogP contribution in [0.4, 0.5) is 0 Å². The molecule has 16 heavy (non-hydrogen) atoms. The predicted octanol–water partition coefficient (Wildman–Crippen LogP) is 3.84. The van der Waals surface area contributed by atoms with Crippen LogP contribution in [-0.4, -0.2) is 11.2 Å². The molecule has 1 saturated carbocycles. The Morgan fingerprint density at radius 3 is 2.75 bits per heavy atom. The van der Waals surface area contributed by atoms with Crippen molar-refractivity contribution in [3.8, 4) is 0 Å². The number of allylic oxidation sites excluding steroid dienone is 2. The van der Waals surface area contributed by atoms with Crippen molar-refractivity contribution in [3.05, 3.63) is 23.3 Å². The van der Waals surface area contributed by atoms with Gasteiger partial charge in [-0.3, -0.25) is 0 Å². The second-order valence-electron chi connectivity index (χ2n) is 6.17. The van der Waals surface area contributed by atoms with Crippen LogP contribution in [0.25, 0.3) is 0 Å². The van der Waals surface area contributed by atoms with E-state index in [2.05, 4.69) is 27.4 Å². The van der Waals surface area contributed by atoms with Gasteiger partial charge in [-0.25, -0.2) is 0 Å². The smallest absolute Gasteiger partial charge is 0.0585 e. The predicted molar refractivity (Wildman–Crippen MR) is 68.2 cm³/mol. The van der Waals surface area contributed by atoms with Gasteiger partial charge in [0.05, 0.1) is 6.10 Å². The maximum absolute atomic E-state index is 9.91. The molecule has 1 N–H and O–H groups in total. The van der Waals surface area contributed by atoms with Crippen molar-refractivity contribution in [2.24, 2.45) is 11.3 Å². The van der Waals surface area contributed by atoms with Crippen LogP contribution in [0.3, 0.4) is 0 Å². The summed E-state index contributed by atoms with van der Waals surface area (Å²) in [6.07, 6.45) is 5.37. The van der Waals surface area contributed by atoms with Gasteiger partial charge in [-0.1, -0.05) is 30.2 Å². The molecule has 0 aliphatic heterocycles. The summed E-state index contributed by atoms with van der Waals surface area (Å²) in [6, 6.07) is 0. The van der Waals surface area contributed by atoms with E-state index in [1.807, 2.05) is 0 Å². The first kappa shape index (κ1) is 11.9. The number of hydrogen-bond acceptors (Lipinski definition) is 1. The van der Waals surface area contributed by atoms with Gasteiger partial charge in [-0.05, 0) is 57.3 Å². The average Bonchev–Trinajstić information content (AvgIpc) is 2.15. The van der Waals surface area contributed by atoms with Crippen LogP contribution in [0.2, 0.25) is 0 Å². The number of fused-ring (bicyclic) bond motifs is 1. The summed E-state index contributed by atoms with van der Waals surface area (Å²) in [5.74, 6) is 0.674. The Morgan fingerprint density at radius 1 is 1.44 bits per heavy atom. The second-order valence-corrected chi connectivity index (χ2v) is 6.17.